The molecule has 90 valence electrons. The molecular formula is C14H6F4. The second-order valence-corrected chi connectivity index (χ2v) is 3.46. The van der Waals surface area contributed by atoms with Gasteiger partial charge in [-0.2, -0.15) is 0 Å². The van der Waals surface area contributed by atoms with Gasteiger partial charge < -0.3 is 0 Å². The molecule has 0 saturated carbocycles. The number of benzene rings is 2. The molecule has 0 aromatic heterocycles. The van der Waals surface area contributed by atoms with Crippen molar-refractivity contribution in [1.29, 1.82) is 0 Å². The predicted octanol–water partition coefficient (Wildman–Crippen LogP) is 3.64. The third-order valence-electron chi connectivity index (χ3n) is 2.22. The number of rotatable bonds is 0. The quantitative estimate of drug-likeness (QED) is 0.380. The molecule has 0 atom stereocenters. The first-order chi connectivity index (χ1) is 8.59. The molecule has 18 heavy (non-hydrogen) atoms. The van der Waals surface area contributed by atoms with Crippen molar-refractivity contribution >= 4 is 0 Å². The Labute approximate surface area is 101 Å². The zero-order chi connectivity index (χ0) is 13.1. The first-order valence-electron chi connectivity index (χ1n) is 4.99. The van der Waals surface area contributed by atoms with Gasteiger partial charge in [-0.25, -0.2) is 17.6 Å². The molecule has 2 aromatic rings. The summed E-state index contributed by atoms with van der Waals surface area (Å²) in [6, 6.07) is 8.48. The Balaban J connectivity index is 2.51. The summed E-state index contributed by atoms with van der Waals surface area (Å²) < 4.78 is 52.3. The first-order valence-corrected chi connectivity index (χ1v) is 4.99. The van der Waals surface area contributed by atoms with Crippen molar-refractivity contribution in [3.63, 3.8) is 0 Å². The Bertz CT molecular complexity index is 610. The predicted molar refractivity (Wildman–Crippen MR) is 58.7 cm³/mol. The van der Waals surface area contributed by atoms with E-state index >= 15 is 0 Å². The maximum Gasteiger partial charge on any atom is 0.177 e. The standard InChI is InChI=1S/C14H6F4/c15-11-8-12(16)14(18)10(13(11)17)7-6-9-4-2-1-3-5-9/h1-5,8H. The molecule has 0 saturated heterocycles. The molecule has 0 radical (unpaired) electrons. The highest BCUT2D eigenvalue weighted by Gasteiger charge is 2.17. The number of halogens is 4. The van der Waals surface area contributed by atoms with E-state index in [4.69, 9.17) is 0 Å². The van der Waals surface area contributed by atoms with Crippen LogP contribution in [0, 0.1) is 35.1 Å². The van der Waals surface area contributed by atoms with Crippen LogP contribution in [0.25, 0.3) is 0 Å². The monoisotopic (exact) mass is 250 g/mol. The fraction of sp³-hybridized carbons (Fsp3) is 0. The molecule has 0 spiro atoms. The van der Waals surface area contributed by atoms with Crippen LogP contribution < -0.4 is 0 Å². The van der Waals surface area contributed by atoms with Crippen LogP contribution in [0.5, 0.6) is 0 Å². The van der Waals surface area contributed by atoms with E-state index in [0.29, 0.717) is 5.56 Å². The van der Waals surface area contributed by atoms with Crippen LogP contribution in [-0.4, -0.2) is 0 Å². The minimum Gasteiger partial charge on any atom is -0.204 e. The summed E-state index contributed by atoms with van der Waals surface area (Å²) in [7, 11) is 0. The second kappa shape index (κ2) is 4.92. The number of hydrogen-bond acceptors (Lipinski definition) is 0. The van der Waals surface area contributed by atoms with Gasteiger partial charge in [0.25, 0.3) is 0 Å². The van der Waals surface area contributed by atoms with Crippen molar-refractivity contribution in [3.8, 4) is 11.8 Å². The van der Waals surface area contributed by atoms with E-state index in [2.05, 4.69) is 11.8 Å². The van der Waals surface area contributed by atoms with Crippen LogP contribution in [0.3, 0.4) is 0 Å². The lowest BCUT2D eigenvalue weighted by Crippen LogP contribution is -1.98. The van der Waals surface area contributed by atoms with Gasteiger partial charge in [0, 0.05) is 11.6 Å². The van der Waals surface area contributed by atoms with Gasteiger partial charge in [0.1, 0.15) is 5.56 Å². The van der Waals surface area contributed by atoms with E-state index in [0.717, 1.165) is 0 Å². The Morgan fingerprint density at radius 1 is 0.722 bits per heavy atom. The summed E-state index contributed by atoms with van der Waals surface area (Å²) in [6.45, 7) is 0. The van der Waals surface area contributed by atoms with Gasteiger partial charge >= 0.3 is 0 Å². The van der Waals surface area contributed by atoms with Crippen molar-refractivity contribution in [2.24, 2.45) is 0 Å². The van der Waals surface area contributed by atoms with Crippen LogP contribution in [0.1, 0.15) is 11.1 Å². The Hall–Kier alpha value is -2.28. The minimum atomic E-state index is -1.49. The van der Waals surface area contributed by atoms with Crippen LogP contribution in [0.4, 0.5) is 17.6 Å². The summed E-state index contributed by atoms with van der Waals surface area (Å²) in [5, 5.41) is 0. The van der Waals surface area contributed by atoms with Gasteiger partial charge in [-0.1, -0.05) is 30.0 Å². The molecular weight excluding hydrogens is 244 g/mol. The maximum absolute atomic E-state index is 13.3. The third kappa shape index (κ3) is 2.35. The van der Waals surface area contributed by atoms with E-state index in [1.165, 1.54) is 0 Å². The lowest BCUT2D eigenvalue weighted by molar-refractivity contribution is 0.450. The second-order valence-electron chi connectivity index (χ2n) is 3.46. The molecule has 0 amide bonds. The molecule has 2 aromatic carbocycles. The molecule has 4 heteroatoms. The lowest BCUT2D eigenvalue weighted by atomic mass is 10.1. The van der Waals surface area contributed by atoms with Crippen molar-refractivity contribution in [2.75, 3.05) is 0 Å². The van der Waals surface area contributed by atoms with Crippen molar-refractivity contribution in [2.45, 2.75) is 0 Å². The highest BCUT2D eigenvalue weighted by atomic mass is 19.2. The fourth-order valence-corrected chi connectivity index (χ4v) is 1.34. The fourth-order valence-electron chi connectivity index (χ4n) is 1.34. The van der Waals surface area contributed by atoms with E-state index < -0.39 is 28.8 Å². The summed E-state index contributed by atoms with van der Waals surface area (Å²) in [4.78, 5) is 0. The molecule has 0 bridgehead atoms. The van der Waals surface area contributed by atoms with E-state index in [9.17, 15) is 17.6 Å². The van der Waals surface area contributed by atoms with Gasteiger partial charge in [0.2, 0.25) is 0 Å². The molecule has 0 unspecified atom stereocenters. The largest absolute Gasteiger partial charge is 0.204 e. The highest BCUT2D eigenvalue weighted by Crippen LogP contribution is 2.18. The normalized spacial score (nSPS) is 9.78. The van der Waals surface area contributed by atoms with Gasteiger partial charge in [0.05, 0.1) is 0 Å². The average molecular weight is 250 g/mol. The van der Waals surface area contributed by atoms with E-state index in [-0.39, 0.29) is 6.07 Å². The maximum atomic E-state index is 13.3. The summed E-state index contributed by atoms with van der Waals surface area (Å²) >= 11 is 0. The molecule has 2 rings (SSSR count). The van der Waals surface area contributed by atoms with Crippen molar-refractivity contribution < 1.29 is 17.6 Å². The molecule has 0 heterocycles. The highest BCUT2D eigenvalue weighted by molar-refractivity contribution is 5.44. The van der Waals surface area contributed by atoms with Crippen LogP contribution in [-0.2, 0) is 0 Å². The van der Waals surface area contributed by atoms with Gasteiger partial charge in [0.15, 0.2) is 23.3 Å². The van der Waals surface area contributed by atoms with Crippen LogP contribution in [0.15, 0.2) is 36.4 Å². The summed E-state index contributed by atoms with van der Waals surface area (Å²) in [6.07, 6.45) is 0. The third-order valence-corrected chi connectivity index (χ3v) is 2.22. The van der Waals surface area contributed by atoms with Gasteiger partial charge in [-0.05, 0) is 12.1 Å². The van der Waals surface area contributed by atoms with Crippen LogP contribution >= 0.6 is 0 Å². The summed E-state index contributed by atoms with van der Waals surface area (Å²) in [5.41, 5.74) is -0.419. The van der Waals surface area contributed by atoms with E-state index in [1.54, 1.807) is 30.3 Å². The smallest absolute Gasteiger partial charge is 0.177 e. The van der Waals surface area contributed by atoms with Crippen LogP contribution in [0.2, 0.25) is 0 Å². The molecule has 0 N–H and O–H groups in total. The van der Waals surface area contributed by atoms with Crippen molar-refractivity contribution in [1.82, 2.24) is 0 Å². The Kier molecular flexibility index (Phi) is 3.33. The Morgan fingerprint density at radius 2 is 1.28 bits per heavy atom. The molecule has 0 aliphatic heterocycles. The van der Waals surface area contributed by atoms with E-state index in [1.807, 2.05) is 0 Å². The topological polar surface area (TPSA) is 0 Å². The summed E-state index contributed by atoms with van der Waals surface area (Å²) in [5.74, 6) is -1.38. The first kappa shape index (κ1) is 12.2. The Morgan fingerprint density at radius 3 is 1.83 bits per heavy atom. The number of hydrogen-bond donors (Lipinski definition) is 0. The average Bonchev–Trinajstić information content (AvgIpc) is 2.38. The van der Waals surface area contributed by atoms with Gasteiger partial charge in [-0.15, -0.1) is 0 Å². The zero-order valence-corrected chi connectivity index (χ0v) is 8.98. The van der Waals surface area contributed by atoms with Crippen molar-refractivity contribution in [3.05, 3.63) is 70.8 Å². The SMILES string of the molecule is Fc1cc(F)c(F)c(C#Cc2ccccc2)c1F. The molecule has 0 fully saturated rings. The minimum absolute atomic E-state index is 0.151. The zero-order valence-electron chi connectivity index (χ0n) is 8.98. The lowest BCUT2D eigenvalue weighted by Gasteiger charge is -1.99. The molecule has 0 aliphatic carbocycles. The van der Waals surface area contributed by atoms with Gasteiger partial charge in [-0.3, -0.25) is 0 Å². The molecule has 0 aliphatic rings. The molecule has 0 nitrogen and oxygen atoms in total.